The van der Waals surface area contributed by atoms with E-state index in [9.17, 15) is 0 Å². The zero-order chi connectivity index (χ0) is 11.6. The van der Waals surface area contributed by atoms with E-state index in [2.05, 4.69) is 16.9 Å². The van der Waals surface area contributed by atoms with E-state index in [1.54, 1.807) is 12.3 Å². The van der Waals surface area contributed by atoms with Crippen LogP contribution >= 0.6 is 0 Å². The normalized spacial score (nSPS) is 9.44. The Morgan fingerprint density at radius 2 is 2.44 bits per heavy atom. The van der Waals surface area contributed by atoms with Gasteiger partial charge in [0.2, 0.25) is 0 Å². The Bertz CT molecular complexity index is 371. The van der Waals surface area contributed by atoms with E-state index in [1.165, 1.54) is 0 Å². The van der Waals surface area contributed by atoms with Gasteiger partial charge in [0.1, 0.15) is 6.07 Å². The number of nitrogens with one attached hydrogen (secondary N) is 1. The SMILES string of the molecule is C=CCCOCCNc1cccnc1C#N. The number of nitriles is 1. The maximum absolute atomic E-state index is 8.80. The lowest BCUT2D eigenvalue weighted by Gasteiger charge is -2.07. The van der Waals surface area contributed by atoms with Gasteiger partial charge < -0.3 is 10.1 Å². The smallest absolute Gasteiger partial charge is 0.163 e. The number of hydrogen-bond acceptors (Lipinski definition) is 4. The fourth-order valence-electron chi connectivity index (χ4n) is 1.16. The van der Waals surface area contributed by atoms with E-state index in [4.69, 9.17) is 10.00 Å². The third kappa shape index (κ3) is 4.11. The summed E-state index contributed by atoms with van der Waals surface area (Å²) < 4.78 is 5.33. The summed E-state index contributed by atoms with van der Waals surface area (Å²) in [6, 6.07) is 5.65. The first-order valence-electron chi connectivity index (χ1n) is 5.16. The molecule has 0 aliphatic rings. The molecule has 1 N–H and O–H groups in total. The molecule has 0 atom stereocenters. The minimum atomic E-state index is 0.411. The highest BCUT2D eigenvalue weighted by Crippen LogP contribution is 2.09. The van der Waals surface area contributed by atoms with Crippen LogP contribution in [0.3, 0.4) is 0 Å². The number of nitrogens with zero attached hydrogens (tertiary/aromatic N) is 2. The summed E-state index contributed by atoms with van der Waals surface area (Å²) in [6.07, 6.45) is 4.28. The molecule has 0 radical (unpaired) electrons. The summed E-state index contributed by atoms with van der Waals surface area (Å²) in [5.41, 5.74) is 1.16. The molecule has 84 valence electrons. The first-order chi connectivity index (χ1) is 7.88. The van der Waals surface area contributed by atoms with Gasteiger partial charge in [-0.15, -0.1) is 6.58 Å². The summed E-state index contributed by atoms with van der Waals surface area (Å²) in [7, 11) is 0. The van der Waals surface area contributed by atoms with Crippen molar-refractivity contribution in [3.63, 3.8) is 0 Å². The third-order valence-electron chi connectivity index (χ3n) is 1.94. The van der Waals surface area contributed by atoms with Gasteiger partial charge in [-0.2, -0.15) is 5.26 Å². The lowest BCUT2D eigenvalue weighted by Crippen LogP contribution is -2.11. The second-order valence-corrected chi connectivity index (χ2v) is 3.13. The van der Waals surface area contributed by atoms with Crippen molar-refractivity contribution in [3.8, 4) is 6.07 Å². The molecule has 0 fully saturated rings. The lowest BCUT2D eigenvalue weighted by molar-refractivity contribution is 0.149. The highest BCUT2D eigenvalue weighted by molar-refractivity contribution is 5.53. The van der Waals surface area contributed by atoms with Crippen LogP contribution in [0, 0.1) is 11.3 Å². The highest BCUT2D eigenvalue weighted by Gasteiger charge is 1.99. The van der Waals surface area contributed by atoms with Crippen molar-refractivity contribution in [2.45, 2.75) is 6.42 Å². The molecule has 0 aromatic carbocycles. The number of pyridine rings is 1. The van der Waals surface area contributed by atoms with Gasteiger partial charge in [-0.25, -0.2) is 4.98 Å². The Balaban J connectivity index is 2.27. The molecule has 0 spiro atoms. The van der Waals surface area contributed by atoms with E-state index >= 15 is 0 Å². The molecule has 0 amide bonds. The first-order valence-corrected chi connectivity index (χ1v) is 5.16. The Morgan fingerprint density at radius 1 is 1.56 bits per heavy atom. The van der Waals surface area contributed by atoms with Crippen LogP contribution < -0.4 is 5.32 Å². The molecule has 1 rings (SSSR count). The maximum Gasteiger partial charge on any atom is 0.163 e. The van der Waals surface area contributed by atoms with Crippen LogP contribution in [-0.4, -0.2) is 24.7 Å². The van der Waals surface area contributed by atoms with E-state index in [0.29, 0.717) is 25.5 Å². The molecule has 0 bridgehead atoms. The fraction of sp³-hybridized carbons (Fsp3) is 0.333. The van der Waals surface area contributed by atoms with Crippen LogP contribution in [0.25, 0.3) is 0 Å². The van der Waals surface area contributed by atoms with Gasteiger partial charge in [0.05, 0.1) is 18.9 Å². The minimum Gasteiger partial charge on any atom is -0.380 e. The quantitative estimate of drug-likeness (QED) is 0.560. The summed E-state index contributed by atoms with van der Waals surface area (Å²) in [4.78, 5) is 3.95. The zero-order valence-corrected chi connectivity index (χ0v) is 9.15. The average molecular weight is 217 g/mol. The lowest BCUT2D eigenvalue weighted by atomic mass is 10.3. The molecule has 1 aromatic heterocycles. The van der Waals surface area contributed by atoms with Crippen molar-refractivity contribution in [2.24, 2.45) is 0 Å². The number of aromatic nitrogens is 1. The Morgan fingerprint density at radius 3 is 3.19 bits per heavy atom. The van der Waals surface area contributed by atoms with E-state index < -0.39 is 0 Å². The fourth-order valence-corrected chi connectivity index (χ4v) is 1.16. The van der Waals surface area contributed by atoms with E-state index in [-0.39, 0.29) is 0 Å². The molecule has 4 heteroatoms. The summed E-state index contributed by atoms with van der Waals surface area (Å²) in [5.74, 6) is 0. The van der Waals surface area contributed by atoms with E-state index in [0.717, 1.165) is 12.1 Å². The Kier molecular flexibility index (Phi) is 5.67. The minimum absolute atomic E-state index is 0.411. The van der Waals surface area contributed by atoms with Crippen LogP contribution in [-0.2, 0) is 4.74 Å². The number of rotatable bonds is 7. The second kappa shape index (κ2) is 7.43. The maximum atomic E-state index is 8.80. The number of hydrogen-bond donors (Lipinski definition) is 1. The van der Waals surface area contributed by atoms with Crippen LogP contribution in [0.1, 0.15) is 12.1 Å². The molecule has 0 aliphatic carbocycles. The van der Waals surface area contributed by atoms with Crippen LogP contribution in [0.2, 0.25) is 0 Å². The van der Waals surface area contributed by atoms with Crippen LogP contribution in [0.4, 0.5) is 5.69 Å². The molecule has 1 aromatic rings. The van der Waals surface area contributed by atoms with Gasteiger partial charge in [-0.3, -0.25) is 0 Å². The number of ether oxygens (including phenoxy) is 1. The highest BCUT2D eigenvalue weighted by atomic mass is 16.5. The third-order valence-corrected chi connectivity index (χ3v) is 1.94. The topological polar surface area (TPSA) is 57.9 Å². The van der Waals surface area contributed by atoms with Gasteiger partial charge in [0.15, 0.2) is 5.69 Å². The standard InChI is InChI=1S/C12H15N3O/c1-2-3-8-16-9-7-15-11-5-4-6-14-12(11)10-13/h2,4-6,15H,1,3,7-9H2. The molecule has 4 nitrogen and oxygen atoms in total. The molecule has 16 heavy (non-hydrogen) atoms. The molecule has 0 saturated heterocycles. The van der Waals surface area contributed by atoms with Crippen molar-refractivity contribution < 1.29 is 4.74 Å². The average Bonchev–Trinajstić information content (AvgIpc) is 2.34. The summed E-state index contributed by atoms with van der Waals surface area (Å²) in [5, 5.41) is 11.9. The number of anilines is 1. The van der Waals surface area contributed by atoms with Gasteiger partial charge in [-0.1, -0.05) is 6.08 Å². The van der Waals surface area contributed by atoms with Crippen LogP contribution in [0.5, 0.6) is 0 Å². The van der Waals surface area contributed by atoms with Crippen molar-refractivity contribution in [1.29, 1.82) is 5.26 Å². The van der Waals surface area contributed by atoms with Crippen LogP contribution in [0.15, 0.2) is 31.0 Å². The Labute approximate surface area is 95.6 Å². The molecule has 0 unspecified atom stereocenters. The largest absolute Gasteiger partial charge is 0.380 e. The molecular formula is C12H15N3O. The monoisotopic (exact) mass is 217 g/mol. The van der Waals surface area contributed by atoms with Gasteiger partial charge in [0.25, 0.3) is 0 Å². The van der Waals surface area contributed by atoms with Gasteiger partial charge >= 0.3 is 0 Å². The predicted molar refractivity (Wildman–Crippen MR) is 63.1 cm³/mol. The summed E-state index contributed by atoms with van der Waals surface area (Å²) in [6.45, 7) is 5.56. The second-order valence-electron chi connectivity index (χ2n) is 3.13. The first kappa shape index (κ1) is 12.2. The molecular weight excluding hydrogens is 202 g/mol. The van der Waals surface area contributed by atoms with Crippen molar-refractivity contribution >= 4 is 5.69 Å². The molecule has 0 aliphatic heterocycles. The van der Waals surface area contributed by atoms with Crippen molar-refractivity contribution in [2.75, 3.05) is 25.1 Å². The van der Waals surface area contributed by atoms with Gasteiger partial charge in [-0.05, 0) is 18.6 Å². The molecule has 0 saturated carbocycles. The molecule has 1 heterocycles. The Hall–Kier alpha value is -1.86. The summed E-state index contributed by atoms with van der Waals surface area (Å²) >= 11 is 0. The van der Waals surface area contributed by atoms with Gasteiger partial charge in [0, 0.05) is 12.7 Å². The predicted octanol–water partition coefficient (Wildman–Crippen LogP) is 1.96. The van der Waals surface area contributed by atoms with Crippen molar-refractivity contribution in [1.82, 2.24) is 4.98 Å². The van der Waals surface area contributed by atoms with Crippen molar-refractivity contribution in [3.05, 3.63) is 36.7 Å². The zero-order valence-electron chi connectivity index (χ0n) is 9.15. The van der Waals surface area contributed by atoms with E-state index in [1.807, 2.05) is 18.2 Å².